The van der Waals surface area contributed by atoms with Crippen LogP contribution in [0.2, 0.25) is 0 Å². The Kier molecular flexibility index (Phi) is 2.93. The molecule has 0 fully saturated rings. The van der Waals surface area contributed by atoms with Crippen LogP contribution in [-0.4, -0.2) is 16.4 Å². The molecular weight excluding hydrogens is 256 g/mol. The number of allylic oxidation sites excluding steroid dienone is 2. The van der Waals surface area contributed by atoms with Crippen molar-refractivity contribution in [2.24, 2.45) is 0 Å². The molecule has 0 N–H and O–H groups in total. The zero-order valence-electron chi connectivity index (χ0n) is 11.7. The van der Waals surface area contributed by atoms with Gasteiger partial charge in [0.2, 0.25) is 0 Å². The van der Waals surface area contributed by atoms with Gasteiger partial charge in [0.15, 0.2) is 0 Å². The summed E-state index contributed by atoms with van der Waals surface area (Å²) in [5, 5.41) is 2.50. The molecule has 21 heavy (non-hydrogen) atoms. The van der Waals surface area contributed by atoms with Crippen molar-refractivity contribution in [3.63, 3.8) is 0 Å². The first kappa shape index (κ1) is 12.2. The number of nitrogens with zero attached hydrogens (tertiary/aromatic N) is 2. The Balaban J connectivity index is 1.93. The molecule has 0 amide bonds. The molecule has 0 unspecified atom stereocenters. The maximum atomic E-state index is 4.78. The van der Waals surface area contributed by atoms with Crippen molar-refractivity contribution in [1.82, 2.24) is 9.88 Å². The van der Waals surface area contributed by atoms with Crippen LogP contribution in [0.25, 0.3) is 21.8 Å². The molecule has 0 radical (unpaired) electrons. The number of para-hydroxylation sites is 2. The largest absolute Gasteiger partial charge is 0.369 e. The highest BCUT2D eigenvalue weighted by Gasteiger charge is 2.11. The van der Waals surface area contributed by atoms with E-state index < -0.39 is 0 Å². The van der Waals surface area contributed by atoms with Crippen LogP contribution in [0.15, 0.2) is 73.0 Å². The average molecular weight is 272 g/mol. The molecule has 0 aliphatic carbocycles. The lowest BCUT2D eigenvalue weighted by molar-refractivity contribution is 0.408. The van der Waals surface area contributed by atoms with Gasteiger partial charge in [0.1, 0.15) is 0 Å². The Morgan fingerprint density at radius 3 is 2.14 bits per heavy atom. The molecule has 4 rings (SSSR count). The van der Waals surface area contributed by atoms with Crippen LogP contribution >= 0.6 is 0 Å². The van der Waals surface area contributed by atoms with Crippen molar-refractivity contribution >= 4 is 21.8 Å². The molecule has 1 aromatic heterocycles. The van der Waals surface area contributed by atoms with Crippen LogP contribution < -0.4 is 0 Å². The summed E-state index contributed by atoms with van der Waals surface area (Å²) in [7, 11) is 0. The fourth-order valence-electron chi connectivity index (χ4n) is 2.93. The molecule has 2 aromatic carbocycles. The summed E-state index contributed by atoms with van der Waals surface area (Å²) in [6.45, 7) is 1.87. The van der Waals surface area contributed by atoms with Gasteiger partial charge in [-0.15, -0.1) is 0 Å². The number of rotatable bonds is 2. The molecule has 2 heteroatoms. The molecule has 2 nitrogen and oxygen atoms in total. The smallest absolute Gasteiger partial charge is 0.0713 e. The van der Waals surface area contributed by atoms with Gasteiger partial charge in [-0.3, -0.25) is 0 Å². The van der Waals surface area contributed by atoms with Gasteiger partial charge in [-0.2, -0.15) is 0 Å². The maximum Gasteiger partial charge on any atom is 0.0713 e. The summed E-state index contributed by atoms with van der Waals surface area (Å²) in [6.07, 6.45) is 8.53. The predicted molar refractivity (Wildman–Crippen MR) is 87.9 cm³/mol. The topological polar surface area (TPSA) is 16.1 Å². The second-order valence-electron chi connectivity index (χ2n) is 5.32. The third-order valence-electron chi connectivity index (χ3n) is 3.94. The summed E-state index contributed by atoms with van der Waals surface area (Å²) in [5.41, 5.74) is 3.50. The number of hydrogen-bond acceptors (Lipinski definition) is 2. The van der Waals surface area contributed by atoms with E-state index in [1.807, 2.05) is 0 Å². The Morgan fingerprint density at radius 1 is 0.857 bits per heavy atom. The minimum absolute atomic E-state index is 0.907. The molecule has 0 saturated heterocycles. The minimum Gasteiger partial charge on any atom is -0.369 e. The highest BCUT2D eigenvalue weighted by atomic mass is 15.1. The van der Waals surface area contributed by atoms with Crippen LogP contribution in [0.3, 0.4) is 0 Å². The van der Waals surface area contributed by atoms with Crippen molar-refractivity contribution in [2.45, 2.75) is 6.54 Å². The van der Waals surface area contributed by atoms with E-state index in [1.165, 1.54) is 16.3 Å². The van der Waals surface area contributed by atoms with Crippen LogP contribution in [0.1, 0.15) is 5.56 Å². The van der Waals surface area contributed by atoms with Crippen molar-refractivity contribution in [2.75, 3.05) is 6.54 Å². The van der Waals surface area contributed by atoms with E-state index in [0.29, 0.717) is 0 Å². The highest BCUT2D eigenvalue weighted by Crippen LogP contribution is 2.27. The summed E-state index contributed by atoms with van der Waals surface area (Å²) in [5.74, 6) is 0. The van der Waals surface area contributed by atoms with Crippen LogP contribution in [0.4, 0.5) is 0 Å². The van der Waals surface area contributed by atoms with E-state index in [-0.39, 0.29) is 0 Å². The monoisotopic (exact) mass is 272 g/mol. The zero-order valence-corrected chi connectivity index (χ0v) is 11.7. The maximum absolute atomic E-state index is 4.78. The van der Waals surface area contributed by atoms with E-state index in [0.717, 1.165) is 24.1 Å². The Bertz CT molecular complexity index is 808. The van der Waals surface area contributed by atoms with Gasteiger partial charge < -0.3 is 4.90 Å². The molecule has 1 aliphatic rings. The van der Waals surface area contributed by atoms with E-state index in [4.69, 9.17) is 4.98 Å². The summed E-state index contributed by atoms with van der Waals surface area (Å²) in [6, 6.07) is 16.8. The average Bonchev–Trinajstić information content (AvgIpc) is 2.55. The molecule has 102 valence electrons. The number of aromatic nitrogens is 1. The molecule has 2 heterocycles. The number of fused-ring (bicyclic) bond motifs is 2. The van der Waals surface area contributed by atoms with Gasteiger partial charge in [0.25, 0.3) is 0 Å². The molecule has 3 aromatic rings. The van der Waals surface area contributed by atoms with Gasteiger partial charge >= 0.3 is 0 Å². The first-order chi connectivity index (χ1) is 10.4. The Hall–Kier alpha value is -2.61. The van der Waals surface area contributed by atoms with Crippen LogP contribution in [0.5, 0.6) is 0 Å². The number of benzene rings is 2. The second-order valence-corrected chi connectivity index (χ2v) is 5.32. The third-order valence-corrected chi connectivity index (χ3v) is 3.94. The van der Waals surface area contributed by atoms with Crippen molar-refractivity contribution in [3.8, 4) is 0 Å². The Morgan fingerprint density at radius 2 is 1.52 bits per heavy atom. The van der Waals surface area contributed by atoms with Gasteiger partial charge in [0, 0.05) is 23.9 Å². The number of pyridine rings is 1. The van der Waals surface area contributed by atoms with Gasteiger partial charge in [-0.1, -0.05) is 48.6 Å². The van der Waals surface area contributed by atoms with Crippen LogP contribution in [-0.2, 0) is 6.54 Å². The van der Waals surface area contributed by atoms with E-state index in [1.54, 1.807) is 0 Å². The second kappa shape index (κ2) is 5.06. The zero-order chi connectivity index (χ0) is 14.1. The SMILES string of the molecule is C1=CCN(Cc2c3ccccc3nc3ccccc23)C=C1. The lowest BCUT2D eigenvalue weighted by atomic mass is 10.0. The van der Waals surface area contributed by atoms with Crippen molar-refractivity contribution in [1.29, 1.82) is 0 Å². The summed E-state index contributed by atoms with van der Waals surface area (Å²) < 4.78 is 0. The summed E-state index contributed by atoms with van der Waals surface area (Å²) in [4.78, 5) is 7.11. The molecular formula is C19H16N2. The summed E-state index contributed by atoms with van der Waals surface area (Å²) >= 11 is 0. The van der Waals surface area contributed by atoms with Crippen molar-refractivity contribution < 1.29 is 0 Å². The normalized spacial score (nSPS) is 14.2. The fraction of sp³-hybridized carbons (Fsp3) is 0.105. The molecule has 1 aliphatic heterocycles. The molecule has 0 saturated carbocycles. The lowest BCUT2D eigenvalue weighted by Gasteiger charge is -2.22. The standard InChI is InChI=1S/C19H16N2/c1-6-12-21(13-7-1)14-17-15-8-2-4-10-18(15)20-19-11-5-3-9-16(17)19/h1-12H,13-14H2. The van der Waals surface area contributed by atoms with Gasteiger partial charge in [-0.05, 0) is 30.0 Å². The first-order valence-corrected chi connectivity index (χ1v) is 7.25. The quantitative estimate of drug-likeness (QED) is 0.647. The van der Waals surface area contributed by atoms with E-state index >= 15 is 0 Å². The minimum atomic E-state index is 0.907. The third kappa shape index (κ3) is 2.19. The number of hydrogen-bond donors (Lipinski definition) is 0. The fourth-order valence-corrected chi connectivity index (χ4v) is 2.93. The van der Waals surface area contributed by atoms with Gasteiger partial charge in [0.05, 0.1) is 11.0 Å². The lowest BCUT2D eigenvalue weighted by Crippen LogP contribution is -2.18. The van der Waals surface area contributed by atoms with Crippen LogP contribution in [0, 0.1) is 0 Å². The van der Waals surface area contributed by atoms with Crippen molar-refractivity contribution in [3.05, 3.63) is 78.5 Å². The molecule has 0 spiro atoms. The first-order valence-electron chi connectivity index (χ1n) is 7.25. The molecule has 0 atom stereocenters. The van der Waals surface area contributed by atoms with E-state index in [2.05, 4.69) is 77.9 Å². The van der Waals surface area contributed by atoms with Gasteiger partial charge in [-0.25, -0.2) is 4.98 Å². The Labute approximate surface area is 124 Å². The molecule has 0 bridgehead atoms. The highest BCUT2D eigenvalue weighted by molar-refractivity contribution is 5.97. The van der Waals surface area contributed by atoms with E-state index in [9.17, 15) is 0 Å². The predicted octanol–water partition coefficient (Wildman–Crippen LogP) is 4.27.